The van der Waals surface area contributed by atoms with Crippen molar-refractivity contribution in [2.45, 2.75) is 13.8 Å². The number of nitrogens with two attached hydrogens (primary N) is 1. The fourth-order valence-corrected chi connectivity index (χ4v) is 1.51. The number of hydrogen-bond acceptors (Lipinski definition) is 3. The van der Waals surface area contributed by atoms with Crippen molar-refractivity contribution in [3.8, 4) is 11.3 Å². The Bertz CT molecular complexity index is 460. The van der Waals surface area contributed by atoms with Crippen LogP contribution in [-0.2, 0) is 0 Å². The number of benzene rings is 1. The standard InChI is InChI=1S/C11H12N2O/c1-7-5-3-4-6-9(7)10-8(2)14-11(12)13-10/h3-6H,1-2H3,(H2,12,13). The second-order valence-corrected chi connectivity index (χ2v) is 3.27. The van der Waals surface area contributed by atoms with Crippen LogP contribution in [0.5, 0.6) is 0 Å². The molecule has 3 heteroatoms. The summed E-state index contributed by atoms with van der Waals surface area (Å²) in [6, 6.07) is 8.25. The molecule has 2 N–H and O–H groups in total. The fraction of sp³-hybridized carbons (Fsp3) is 0.182. The number of rotatable bonds is 1. The highest BCUT2D eigenvalue weighted by Gasteiger charge is 2.10. The monoisotopic (exact) mass is 188 g/mol. The lowest BCUT2D eigenvalue weighted by atomic mass is 10.1. The molecular formula is C11H12N2O. The molecular weight excluding hydrogens is 176 g/mol. The number of aromatic nitrogens is 1. The second kappa shape index (κ2) is 3.18. The van der Waals surface area contributed by atoms with E-state index in [2.05, 4.69) is 4.98 Å². The maximum atomic E-state index is 5.49. The van der Waals surface area contributed by atoms with Crippen molar-refractivity contribution in [1.82, 2.24) is 4.98 Å². The third kappa shape index (κ3) is 1.37. The summed E-state index contributed by atoms with van der Waals surface area (Å²) in [5, 5.41) is 0. The zero-order valence-corrected chi connectivity index (χ0v) is 8.24. The molecule has 1 aromatic carbocycles. The largest absolute Gasteiger partial charge is 0.429 e. The van der Waals surface area contributed by atoms with Gasteiger partial charge in [-0.15, -0.1) is 0 Å². The first-order valence-corrected chi connectivity index (χ1v) is 4.47. The van der Waals surface area contributed by atoms with E-state index in [4.69, 9.17) is 10.2 Å². The molecule has 0 radical (unpaired) electrons. The van der Waals surface area contributed by atoms with Crippen LogP contribution in [0, 0.1) is 13.8 Å². The van der Waals surface area contributed by atoms with Gasteiger partial charge in [-0.2, -0.15) is 4.98 Å². The number of hydrogen-bond donors (Lipinski definition) is 1. The van der Waals surface area contributed by atoms with Gasteiger partial charge < -0.3 is 10.2 Å². The smallest absolute Gasteiger partial charge is 0.292 e. The quantitative estimate of drug-likeness (QED) is 0.748. The molecule has 1 heterocycles. The van der Waals surface area contributed by atoms with Crippen LogP contribution >= 0.6 is 0 Å². The highest BCUT2D eigenvalue weighted by molar-refractivity contribution is 5.65. The summed E-state index contributed by atoms with van der Waals surface area (Å²) in [4.78, 5) is 4.15. The Kier molecular flexibility index (Phi) is 2.00. The van der Waals surface area contributed by atoms with E-state index >= 15 is 0 Å². The zero-order chi connectivity index (χ0) is 10.1. The van der Waals surface area contributed by atoms with Gasteiger partial charge in [0.15, 0.2) is 0 Å². The molecule has 0 aliphatic heterocycles. The average molecular weight is 188 g/mol. The van der Waals surface area contributed by atoms with Gasteiger partial charge in [-0.3, -0.25) is 0 Å². The first-order chi connectivity index (χ1) is 6.68. The van der Waals surface area contributed by atoms with Crippen LogP contribution in [0.2, 0.25) is 0 Å². The third-order valence-electron chi connectivity index (χ3n) is 2.21. The molecule has 2 aromatic rings. The molecule has 0 aliphatic carbocycles. The van der Waals surface area contributed by atoms with Crippen molar-refractivity contribution >= 4 is 6.01 Å². The Hall–Kier alpha value is -1.77. The maximum Gasteiger partial charge on any atom is 0.292 e. The summed E-state index contributed by atoms with van der Waals surface area (Å²) in [6.45, 7) is 3.91. The lowest BCUT2D eigenvalue weighted by Crippen LogP contribution is -1.86. The normalized spacial score (nSPS) is 10.4. The van der Waals surface area contributed by atoms with Gasteiger partial charge in [0, 0.05) is 5.56 Å². The lowest BCUT2D eigenvalue weighted by molar-refractivity contribution is 0.549. The Morgan fingerprint density at radius 3 is 2.50 bits per heavy atom. The lowest BCUT2D eigenvalue weighted by Gasteiger charge is -2.01. The van der Waals surface area contributed by atoms with E-state index in [1.807, 2.05) is 38.1 Å². The summed E-state index contributed by atoms with van der Waals surface area (Å²) in [6.07, 6.45) is 0. The Morgan fingerprint density at radius 2 is 1.93 bits per heavy atom. The number of anilines is 1. The Balaban J connectivity index is 2.60. The summed E-state index contributed by atoms with van der Waals surface area (Å²) in [7, 11) is 0. The van der Waals surface area contributed by atoms with Gasteiger partial charge in [-0.25, -0.2) is 0 Å². The Morgan fingerprint density at radius 1 is 1.21 bits per heavy atom. The van der Waals surface area contributed by atoms with Gasteiger partial charge in [0.05, 0.1) is 0 Å². The molecule has 0 atom stereocenters. The van der Waals surface area contributed by atoms with Crippen molar-refractivity contribution in [1.29, 1.82) is 0 Å². The van der Waals surface area contributed by atoms with Gasteiger partial charge >= 0.3 is 0 Å². The third-order valence-corrected chi connectivity index (χ3v) is 2.21. The van der Waals surface area contributed by atoms with Crippen molar-refractivity contribution in [2.75, 3.05) is 5.73 Å². The molecule has 0 saturated heterocycles. The molecule has 0 spiro atoms. The van der Waals surface area contributed by atoms with Crippen LogP contribution in [0.1, 0.15) is 11.3 Å². The van der Waals surface area contributed by atoms with Crippen molar-refractivity contribution in [2.24, 2.45) is 0 Å². The summed E-state index contributed by atoms with van der Waals surface area (Å²) >= 11 is 0. The van der Waals surface area contributed by atoms with Crippen LogP contribution in [0.4, 0.5) is 6.01 Å². The SMILES string of the molecule is Cc1ccccc1-c1nc(N)oc1C. The summed E-state index contributed by atoms with van der Waals surface area (Å²) < 4.78 is 5.19. The fourth-order valence-electron chi connectivity index (χ4n) is 1.51. The van der Waals surface area contributed by atoms with Gasteiger partial charge in [-0.05, 0) is 19.4 Å². The second-order valence-electron chi connectivity index (χ2n) is 3.27. The Labute approximate surface area is 82.6 Å². The zero-order valence-electron chi connectivity index (χ0n) is 8.24. The molecule has 3 nitrogen and oxygen atoms in total. The van der Waals surface area contributed by atoms with Gasteiger partial charge in [0.1, 0.15) is 11.5 Å². The van der Waals surface area contributed by atoms with Crippen LogP contribution in [0.3, 0.4) is 0 Å². The molecule has 0 unspecified atom stereocenters. The molecule has 0 fully saturated rings. The number of nitrogen functional groups attached to an aromatic ring is 1. The predicted molar refractivity (Wildman–Crippen MR) is 55.8 cm³/mol. The molecule has 1 aromatic heterocycles. The minimum atomic E-state index is 0.223. The first kappa shape index (κ1) is 8.81. The van der Waals surface area contributed by atoms with E-state index in [1.165, 1.54) is 5.56 Å². The molecule has 0 bridgehead atoms. The topological polar surface area (TPSA) is 52.0 Å². The van der Waals surface area contributed by atoms with Crippen molar-refractivity contribution < 1.29 is 4.42 Å². The predicted octanol–water partition coefficient (Wildman–Crippen LogP) is 2.54. The first-order valence-electron chi connectivity index (χ1n) is 4.47. The highest BCUT2D eigenvalue weighted by Crippen LogP contribution is 2.26. The van der Waals surface area contributed by atoms with E-state index in [9.17, 15) is 0 Å². The molecule has 0 saturated carbocycles. The van der Waals surface area contributed by atoms with Crippen LogP contribution in [0.25, 0.3) is 11.3 Å². The van der Waals surface area contributed by atoms with Gasteiger partial charge in [0.2, 0.25) is 0 Å². The van der Waals surface area contributed by atoms with Gasteiger partial charge in [-0.1, -0.05) is 24.3 Å². The molecule has 0 aliphatic rings. The highest BCUT2D eigenvalue weighted by atomic mass is 16.4. The molecule has 2 rings (SSSR count). The molecule has 0 amide bonds. The number of nitrogens with zero attached hydrogens (tertiary/aromatic N) is 1. The van der Waals surface area contributed by atoms with Crippen LogP contribution in [-0.4, -0.2) is 4.98 Å². The van der Waals surface area contributed by atoms with E-state index in [1.54, 1.807) is 0 Å². The van der Waals surface area contributed by atoms with Crippen molar-refractivity contribution in [3.63, 3.8) is 0 Å². The van der Waals surface area contributed by atoms with Crippen LogP contribution in [0.15, 0.2) is 28.7 Å². The minimum absolute atomic E-state index is 0.223. The average Bonchev–Trinajstić information content (AvgIpc) is 2.46. The van der Waals surface area contributed by atoms with E-state index in [0.717, 1.165) is 17.0 Å². The minimum Gasteiger partial charge on any atom is -0.429 e. The maximum absolute atomic E-state index is 5.49. The molecule has 14 heavy (non-hydrogen) atoms. The van der Waals surface area contributed by atoms with Crippen molar-refractivity contribution in [3.05, 3.63) is 35.6 Å². The summed E-state index contributed by atoms with van der Waals surface area (Å²) in [5.41, 5.74) is 8.57. The number of oxazole rings is 1. The van der Waals surface area contributed by atoms with E-state index in [0.29, 0.717) is 0 Å². The number of aryl methyl sites for hydroxylation is 2. The van der Waals surface area contributed by atoms with E-state index < -0.39 is 0 Å². The molecule has 72 valence electrons. The van der Waals surface area contributed by atoms with Gasteiger partial charge in [0.25, 0.3) is 6.01 Å². The summed E-state index contributed by atoms with van der Waals surface area (Å²) in [5.74, 6) is 0.761. The van der Waals surface area contributed by atoms with E-state index in [-0.39, 0.29) is 6.01 Å². The van der Waals surface area contributed by atoms with Crippen LogP contribution < -0.4 is 5.73 Å².